The molecule has 3 unspecified atom stereocenters. The molecule has 1 aliphatic carbocycles. The smallest absolute Gasteiger partial charge is 0.223 e. The minimum absolute atomic E-state index is 0.169. The van der Waals surface area contributed by atoms with Crippen LogP contribution in [0, 0.1) is 23.7 Å². The van der Waals surface area contributed by atoms with Crippen LogP contribution in [0.25, 0.3) is 0 Å². The van der Waals surface area contributed by atoms with E-state index >= 15 is 0 Å². The average molecular weight is 449 g/mol. The SMILES string of the molecule is CC1=CC(CNS(C)(=O)=O)C(C(C)C)CC1CC(=O)N1CCN(c2ccccn2)CC1. The first-order chi connectivity index (χ1) is 14.6. The molecule has 1 fully saturated rings. The summed E-state index contributed by atoms with van der Waals surface area (Å²) in [7, 11) is -3.21. The zero-order valence-electron chi connectivity index (χ0n) is 19.1. The van der Waals surface area contributed by atoms with Crippen molar-refractivity contribution >= 4 is 21.7 Å². The molecule has 31 heavy (non-hydrogen) atoms. The van der Waals surface area contributed by atoms with Crippen LogP contribution in [0.4, 0.5) is 5.82 Å². The number of nitrogens with zero attached hydrogens (tertiary/aromatic N) is 3. The van der Waals surface area contributed by atoms with Crippen LogP contribution in [0.3, 0.4) is 0 Å². The van der Waals surface area contributed by atoms with E-state index in [2.05, 4.69) is 41.5 Å². The number of anilines is 1. The molecule has 2 aliphatic rings. The molecule has 1 N–H and O–H groups in total. The Morgan fingerprint density at radius 1 is 1.23 bits per heavy atom. The van der Waals surface area contributed by atoms with Crippen molar-refractivity contribution in [2.24, 2.45) is 23.7 Å². The Kier molecular flexibility index (Phi) is 7.75. The first-order valence-corrected chi connectivity index (χ1v) is 13.1. The van der Waals surface area contributed by atoms with Crippen LogP contribution in [0.15, 0.2) is 36.0 Å². The minimum Gasteiger partial charge on any atom is -0.353 e. The highest BCUT2D eigenvalue weighted by molar-refractivity contribution is 7.88. The Labute approximate surface area is 187 Å². The highest BCUT2D eigenvalue weighted by Crippen LogP contribution is 2.39. The van der Waals surface area contributed by atoms with Crippen molar-refractivity contribution in [2.45, 2.75) is 33.6 Å². The molecular weight excluding hydrogens is 412 g/mol. The highest BCUT2D eigenvalue weighted by atomic mass is 32.2. The maximum Gasteiger partial charge on any atom is 0.223 e. The number of hydrogen-bond donors (Lipinski definition) is 1. The molecule has 2 heterocycles. The number of piperazine rings is 1. The monoisotopic (exact) mass is 448 g/mol. The summed E-state index contributed by atoms with van der Waals surface area (Å²) in [6.07, 6.45) is 6.65. The molecule has 172 valence electrons. The summed E-state index contributed by atoms with van der Waals surface area (Å²) in [5, 5.41) is 0. The highest BCUT2D eigenvalue weighted by Gasteiger charge is 2.34. The third-order valence-corrected chi connectivity index (χ3v) is 7.38. The van der Waals surface area contributed by atoms with Crippen LogP contribution in [-0.4, -0.2) is 63.2 Å². The van der Waals surface area contributed by atoms with Gasteiger partial charge in [0.05, 0.1) is 6.26 Å². The number of nitrogens with one attached hydrogen (secondary N) is 1. The first-order valence-electron chi connectivity index (χ1n) is 11.2. The second-order valence-corrected chi connectivity index (χ2v) is 11.1. The van der Waals surface area contributed by atoms with Gasteiger partial charge in [-0.05, 0) is 49.1 Å². The lowest BCUT2D eigenvalue weighted by molar-refractivity contribution is -0.132. The van der Waals surface area contributed by atoms with Gasteiger partial charge in [-0.3, -0.25) is 4.79 Å². The maximum atomic E-state index is 13.0. The molecular formula is C23H36N4O3S. The second-order valence-electron chi connectivity index (χ2n) is 9.30. The molecule has 7 nitrogen and oxygen atoms in total. The van der Waals surface area contributed by atoms with Crippen molar-refractivity contribution in [3.63, 3.8) is 0 Å². The van der Waals surface area contributed by atoms with Gasteiger partial charge in [-0.2, -0.15) is 0 Å². The molecule has 3 rings (SSSR count). The minimum atomic E-state index is -3.21. The van der Waals surface area contributed by atoms with Crippen LogP contribution < -0.4 is 9.62 Å². The number of sulfonamides is 1. The van der Waals surface area contributed by atoms with Crippen molar-refractivity contribution in [3.05, 3.63) is 36.0 Å². The quantitative estimate of drug-likeness (QED) is 0.648. The lowest BCUT2D eigenvalue weighted by atomic mass is 9.70. The van der Waals surface area contributed by atoms with Crippen molar-refractivity contribution in [1.82, 2.24) is 14.6 Å². The molecule has 3 atom stereocenters. The summed E-state index contributed by atoms with van der Waals surface area (Å²) in [6, 6.07) is 5.91. The van der Waals surface area contributed by atoms with E-state index in [1.54, 1.807) is 6.20 Å². The van der Waals surface area contributed by atoms with Crippen molar-refractivity contribution in [1.29, 1.82) is 0 Å². The predicted octanol–water partition coefficient (Wildman–Crippen LogP) is 2.52. The number of allylic oxidation sites excluding steroid dienone is 1. The zero-order valence-corrected chi connectivity index (χ0v) is 19.9. The topological polar surface area (TPSA) is 82.6 Å². The number of hydrogen-bond acceptors (Lipinski definition) is 5. The Hall–Kier alpha value is -1.93. The Morgan fingerprint density at radius 2 is 1.94 bits per heavy atom. The lowest BCUT2D eigenvalue weighted by Gasteiger charge is -2.39. The van der Waals surface area contributed by atoms with Gasteiger partial charge in [0.2, 0.25) is 15.9 Å². The summed E-state index contributed by atoms with van der Waals surface area (Å²) >= 11 is 0. The molecule has 0 radical (unpaired) electrons. The summed E-state index contributed by atoms with van der Waals surface area (Å²) in [6.45, 7) is 9.92. The van der Waals surface area contributed by atoms with Crippen molar-refractivity contribution in [3.8, 4) is 0 Å². The van der Waals surface area contributed by atoms with Crippen LogP contribution in [-0.2, 0) is 14.8 Å². The van der Waals surface area contributed by atoms with E-state index in [1.807, 2.05) is 23.1 Å². The van der Waals surface area contributed by atoms with Crippen LogP contribution in [0.2, 0.25) is 0 Å². The lowest BCUT2D eigenvalue weighted by Crippen LogP contribution is -2.49. The van der Waals surface area contributed by atoms with Gasteiger partial charge in [0.1, 0.15) is 5.82 Å². The number of carbonyl (C=O) groups is 1. The molecule has 0 saturated carbocycles. The van der Waals surface area contributed by atoms with Gasteiger partial charge in [-0.15, -0.1) is 0 Å². The van der Waals surface area contributed by atoms with Crippen LogP contribution in [0.5, 0.6) is 0 Å². The van der Waals surface area contributed by atoms with Gasteiger partial charge in [-0.1, -0.05) is 31.6 Å². The fourth-order valence-electron chi connectivity index (χ4n) is 4.82. The van der Waals surface area contributed by atoms with E-state index in [9.17, 15) is 13.2 Å². The number of aromatic nitrogens is 1. The van der Waals surface area contributed by atoms with Gasteiger partial charge in [0, 0.05) is 45.3 Å². The first kappa shape index (κ1) is 23.7. The number of amides is 1. The van der Waals surface area contributed by atoms with Gasteiger partial charge in [0.25, 0.3) is 0 Å². The molecule has 0 spiro atoms. The maximum absolute atomic E-state index is 13.0. The third kappa shape index (κ3) is 6.53. The van der Waals surface area contributed by atoms with Crippen molar-refractivity contribution < 1.29 is 13.2 Å². The molecule has 1 aromatic heterocycles. The molecule has 0 aromatic carbocycles. The molecule has 1 aliphatic heterocycles. The van der Waals surface area contributed by atoms with E-state index in [1.165, 1.54) is 11.8 Å². The van der Waals surface area contributed by atoms with Gasteiger partial charge in [-0.25, -0.2) is 18.1 Å². The average Bonchev–Trinajstić information content (AvgIpc) is 2.73. The standard InChI is InChI=1S/C23H36N4O3S/c1-17(2)21-14-19(18(3)13-20(21)16-25-31(4,29)30)15-23(28)27-11-9-26(10-12-27)22-7-5-6-8-24-22/h5-8,13,17,19-21,25H,9-12,14-16H2,1-4H3. The summed E-state index contributed by atoms with van der Waals surface area (Å²) in [5.74, 6) is 2.36. The summed E-state index contributed by atoms with van der Waals surface area (Å²) < 4.78 is 25.7. The normalized spacial score (nSPS) is 24.9. The fraction of sp³-hybridized carbons (Fsp3) is 0.652. The summed E-state index contributed by atoms with van der Waals surface area (Å²) in [4.78, 5) is 21.7. The van der Waals surface area contributed by atoms with E-state index < -0.39 is 10.0 Å². The largest absolute Gasteiger partial charge is 0.353 e. The van der Waals surface area contributed by atoms with Gasteiger partial charge < -0.3 is 9.80 Å². The third-order valence-electron chi connectivity index (χ3n) is 6.69. The van der Waals surface area contributed by atoms with Gasteiger partial charge in [0.15, 0.2) is 0 Å². The predicted molar refractivity (Wildman–Crippen MR) is 124 cm³/mol. The molecule has 1 aromatic rings. The molecule has 1 saturated heterocycles. The molecule has 8 heteroatoms. The van der Waals surface area contributed by atoms with Gasteiger partial charge >= 0.3 is 0 Å². The van der Waals surface area contributed by atoms with Crippen LogP contribution >= 0.6 is 0 Å². The molecule has 0 bridgehead atoms. The second kappa shape index (κ2) is 10.1. The number of pyridine rings is 1. The Bertz CT molecular complexity index is 877. The van der Waals surface area contributed by atoms with Crippen LogP contribution in [0.1, 0.15) is 33.6 Å². The summed E-state index contributed by atoms with van der Waals surface area (Å²) in [5.41, 5.74) is 1.21. The zero-order chi connectivity index (χ0) is 22.6. The van der Waals surface area contributed by atoms with E-state index in [-0.39, 0.29) is 17.7 Å². The number of rotatable bonds is 7. The van der Waals surface area contributed by atoms with E-state index in [0.717, 1.165) is 38.4 Å². The fourth-order valence-corrected chi connectivity index (χ4v) is 5.32. The Balaban J connectivity index is 1.58. The van der Waals surface area contributed by atoms with E-state index in [4.69, 9.17) is 0 Å². The number of carbonyl (C=O) groups excluding carboxylic acids is 1. The Morgan fingerprint density at radius 3 is 2.52 bits per heavy atom. The van der Waals surface area contributed by atoms with Crippen molar-refractivity contribution in [2.75, 3.05) is 43.9 Å². The van der Waals surface area contributed by atoms with E-state index in [0.29, 0.717) is 24.8 Å². The molecule has 1 amide bonds.